The van der Waals surface area contributed by atoms with Crippen LogP contribution in [0.25, 0.3) is 0 Å². The van der Waals surface area contributed by atoms with Crippen molar-refractivity contribution in [1.29, 1.82) is 0 Å². The SMILES string of the molecule is CC(C)CN(CC(N)=O)c1ccc(C(C)O)cc1Cl. The van der Waals surface area contributed by atoms with Crippen molar-refractivity contribution >= 4 is 23.2 Å². The van der Waals surface area contributed by atoms with Crippen molar-refractivity contribution in [3.05, 3.63) is 28.8 Å². The van der Waals surface area contributed by atoms with E-state index in [1.54, 1.807) is 19.1 Å². The summed E-state index contributed by atoms with van der Waals surface area (Å²) in [7, 11) is 0. The molecule has 0 aliphatic rings. The van der Waals surface area contributed by atoms with Gasteiger partial charge in [0.1, 0.15) is 0 Å². The summed E-state index contributed by atoms with van der Waals surface area (Å²) in [5.41, 5.74) is 6.78. The number of carbonyl (C=O) groups excluding carboxylic acids is 1. The van der Waals surface area contributed by atoms with Crippen molar-refractivity contribution in [3.63, 3.8) is 0 Å². The number of aliphatic hydroxyl groups is 1. The molecule has 1 rings (SSSR count). The highest BCUT2D eigenvalue weighted by Crippen LogP contribution is 2.29. The smallest absolute Gasteiger partial charge is 0.236 e. The molecule has 4 nitrogen and oxygen atoms in total. The van der Waals surface area contributed by atoms with Gasteiger partial charge in [0, 0.05) is 6.54 Å². The minimum Gasteiger partial charge on any atom is -0.389 e. The zero-order valence-corrected chi connectivity index (χ0v) is 12.3. The lowest BCUT2D eigenvalue weighted by Gasteiger charge is -2.26. The van der Waals surface area contributed by atoms with Gasteiger partial charge in [0.25, 0.3) is 0 Å². The summed E-state index contributed by atoms with van der Waals surface area (Å²) in [6.07, 6.45) is -0.568. The Morgan fingerprint density at radius 2 is 2.05 bits per heavy atom. The molecule has 1 amide bonds. The molecule has 0 bridgehead atoms. The lowest BCUT2D eigenvalue weighted by atomic mass is 10.1. The number of primary amides is 1. The Morgan fingerprint density at radius 1 is 1.42 bits per heavy atom. The summed E-state index contributed by atoms with van der Waals surface area (Å²) in [6.45, 7) is 6.63. The monoisotopic (exact) mass is 284 g/mol. The molecule has 0 spiro atoms. The van der Waals surface area contributed by atoms with Crippen LogP contribution in [0.1, 0.15) is 32.4 Å². The van der Waals surface area contributed by atoms with Crippen LogP contribution in [0.5, 0.6) is 0 Å². The van der Waals surface area contributed by atoms with Crippen molar-refractivity contribution in [3.8, 4) is 0 Å². The van der Waals surface area contributed by atoms with Crippen LogP contribution >= 0.6 is 11.6 Å². The number of anilines is 1. The first-order valence-electron chi connectivity index (χ1n) is 6.32. The summed E-state index contributed by atoms with van der Waals surface area (Å²) in [5.74, 6) is -0.0109. The van der Waals surface area contributed by atoms with E-state index in [-0.39, 0.29) is 6.54 Å². The number of amides is 1. The Labute approximate surface area is 119 Å². The van der Waals surface area contributed by atoms with Crippen LogP contribution in [-0.2, 0) is 4.79 Å². The van der Waals surface area contributed by atoms with E-state index in [2.05, 4.69) is 13.8 Å². The fourth-order valence-electron chi connectivity index (χ4n) is 1.92. The number of halogens is 1. The molecule has 1 atom stereocenters. The summed E-state index contributed by atoms with van der Waals surface area (Å²) < 4.78 is 0. The minimum atomic E-state index is -0.568. The summed E-state index contributed by atoms with van der Waals surface area (Å²) >= 11 is 6.23. The van der Waals surface area contributed by atoms with Gasteiger partial charge in [-0.3, -0.25) is 4.79 Å². The van der Waals surface area contributed by atoms with E-state index in [1.807, 2.05) is 11.0 Å². The van der Waals surface area contributed by atoms with Crippen LogP contribution in [0, 0.1) is 5.92 Å². The van der Waals surface area contributed by atoms with Gasteiger partial charge >= 0.3 is 0 Å². The van der Waals surface area contributed by atoms with Gasteiger partial charge in [-0.15, -0.1) is 0 Å². The molecule has 0 fully saturated rings. The molecule has 0 saturated heterocycles. The predicted octanol–water partition coefficient (Wildman–Crippen LogP) is 2.34. The third-order valence-corrected chi connectivity index (χ3v) is 3.03. The van der Waals surface area contributed by atoms with E-state index >= 15 is 0 Å². The molecule has 1 aromatic rings. The Balaban J connectivity index is 3.04. The summed E-state index contributed by atoms with van der Waals surface area (Å²) in [5, 5.41) is 10.0. The van der Waals surface area contributed by atoms with Crippen molar-refractivity contribution in [2.24, 2.45) is 11.7 Å². The highest BCUT2D eigenvalue weighted by Gasteiger charge is 2.15. The zero-order chi connectivity index (χ0) is 14.6. The molecule has 19 heavy (non-hydrogen) atoms. The predicted molar refractivity (Wildman–Crippen MR) is 78.3 cm³/mol. The van der Waals surface area contributed by atoms with Gasteiger partial charge in [-0.25, -0.2) is 0 Å². The number of hydrogen-bond acceptors (Lipinski definition) is 3. The number of rotatable bonds is 6. The molecule has 0 radical (unpaired) electrons. The summed E-state index contributed by atoms with van der Waals surface area (Å²) in [6, 6.07) is 5.34. The fraction of sp³-hybridized carbons (Fsp3) is 0.500. The second-order valence-corrected chi connectivity index (χ2v) is 5.53. The highest BCUT2D eigenvalue weighted by molar-refractivity contribution is 6.33. The third kappa shape index (κ3) is 4.73. The maximum absolute atomic E-state index is 11.1. The second kappa shape index (κ2) is 6.78. The van der Waals surface area contributed by atoms with Crippen molar-refractivity contribution in [2.75, 3.05) is 18.0 Å². The average molecular weight is 285 g/mol. The lowest BCUT2D eigenvalue weighted by Crippen LogP contribution is -2.36. The number of benzene rings is 1. The van der Waals surface area contributed by atoms with Crippen LogP contribution in [-0.4, -0.2) is 24.1 Å². The van der Waals surface area contributed by atoms with Crippen molar-refractivity contribution < 1.29 is 9.90 Å². The Bertz CT molecular complexity index is 447. The van der Waals surface area contributed by atoms with Gasteiger partial charge in [-0.05, 0) is 30.5 Å². The molecular formula is C14H21ClN2O2. The first kappa shape index (κ1) is 15.8. The number of aliphatic hydroxyl groups excluding tert-OH is 1. The Kier molecular flexibility index (Phi) is 5.63. The van der Waals surface area contributed by atoms with E-state index < -0.39 is 12.0 Å². The normalized spacial score (nSPS) is 12.5. The molecule has 0 aliphatic carbocycles. The Morgan fingerprint density at radius 3 is 2.47 bits per heavy atom. The van der Waals surface area contributed by atoms with Gasteiger partial charge in [-0.1, -0.05) is 31.5 Å². The van der Waals surface area contributed by atoms with Gasteiger partial charge in [-0.2, -0.15) is 0 Å². The van der Waals surface area contributed by atoms with Gasteiger partial charge < -0.3 is 15.7 Å². The zero-order valence-electron chi connectivity index (χ0n) is 11.6. The molecule has 3 N–H and O–H groups in total. The maximum atomic E-state index is 11.1. The van der Waals surface area contributed by atoms with E-state index in [1.165, 1.54) is 0 Å². The first-order chi connectivity index (χ1) is 8.81. The number of nitrogens with zero attached hydrogens (tertiary/aromatic N) is 1. The van der Waals surface area contributed by atoms with Crippen LogP contribution in [0.15, 0.2) is 18.2 Å². The molecule has 0 aromatic heterocycles. The van der Waals surface area contributed by atoms with Gasteiger partial charge in [0.15, 0.2) is 0 Å². The molecule has 0 heterocycles. The topological polar surface area (TPSA) is 66.6 Å². The first-order valence-corrected chi connectivity index (χ1v) is 6.69. The molecule has 5 heteroatoms. The van der Waals surface area contributed by atoms with Crippen molar-refractivity contribution in [1.82, 2.24) is 0 Å². The molecule has 0 saturated carbocycles. The van der Waals surface area contributed by atoms with E-state index in [9.17, 15) is 9.90 Å². The highest BCUT2D eigenvalue weighted by atomic mass is 35.5. The number of carbonyl (C=O) groups is 1. The third-order valence-electron chi connectivity index (χ3n) is 2.73. The molecular weight excluding hydrogens is 264 g/mol. The van der Waals surface area contributed by atoms with Gasteiger partial charge in [0.05, 0.1) is 23.4 Å². The minimum absolute atomic E-state index is 0.131. The van der Waals surface area contributed by atoms with Crippen LogP contribution in [0.2, 0.25) is 5.02 Å². The lowest BCUT2D eigenvalue weighted by molar-refractivity contribution is -0.116. The van der Waals surface area contributed by atoms with E-state index in [0.29, 0.717) is 17.5 Å². The molecule has 106 valence electrons. The van der Waals surface area contributed by atoms with Crippen LogP contribution in [0.4, 0.5) is 5.69 Å². The van der Waals surface area contributed by atoms with Crippen LogP contribution in [0.3, 0.4) is 0 Å². The second-order valence-electron chi connectivity index (χ2n) is 5.13. The summed E-state index contributed by atoms with van der Waals surface area (Å²) in [4.78, 5) is 13.0. The van der Waals surface area contributed by atoms with E-state index in [4.69, 9.17) is 17.3 Å². The largest absolute Gasteiger partial charge is 0.389 e. The molecule has 0 aliphatic heterocycles. The van der Waals surface area contributed by atoms with Crippen LogP contribution < -0.4 is 10.6 Å². The maximum Gasteiger partial charge on any atom is 0.236 e. The van der Waals surface area contributed by atoms with Crippen molar-refractivity contribution in [2.45, 2.75) is 26.9 Å². The standard InChI is InChI=1S/C14H21ClN2O2/c1-9(2)7-17(8-14(16)19)13-5-4-11(10(3)18)6-12(13)15/h4-6,9-10,18H,7-8H2,1-3H3,(H2,16,19). The van der Waals surface area contributed by atoms with Gasteiger partial charge in [0.2, 0.25) is 5.91 Å². The fourth-order valence-corrected chi connectivity index (χ4v) is 2.22. The van der Waals surface area contributed by atoms with E-state index in [0.717, 1.165) is 11.3 Å². The number of nitrogens with two attached hydrogens (primary N) is 1. The molecule has 1 unspecified atom stereocenters. The quantitative estimate of drug-likeness (QED) is 0.843. The Hall–Kier alpha value is -1.26. The molecule has 1 aromatic carbocycles. The average Bonchev–Trinajstić information content (AvgIpc) is 2.26. The number of hydrogen-bond donors (Lipinski definition) is 2.